The highest BCUT2D eigenvalue weighted by Gasteiger charge is 2.29. The summed E-state index contributed by atoms with van der Waals surface area (Å²) < 4.78 is 0. The number of hydrogen-bond donors (Lipinski definition) is 0. The van der Waals surface area contributed by atoms with Crippen LogP contribution in [0.3, 0.4) is 0 Å². The fourth-order valence-electron chi connectivity index (χ4n) is 3.83. The Morgan fingerprint density at radius 1 is 0.889 bits per heavy atom. The first-order chi connectivity index (χ1) is 8.45. The fourth-order valence-corrected chi connectivity index (χ4v) is 6.69. The Balaban J connectivity index is 2.09. The van der Waals surface area contributed by atoms with Crippen LogP contribution in [0.5, 0.6) is 0 Å². The molecule has 0 radical (unpaired) electrons. The third-order valence-corrected chi connectivity index (χ3v) is 7.44. The normalized spacial score (nSPS) is 38.9. The smallest absolute Gasteiger partial charge is 0.00216 e. The maximum atomic E-state index is 2.61. The Bertz CT molecular complexity index is 319. The monoisotopic (exact) mass is 264 g/mol. The van der Waals surface area contributed by atoms with Gasteiger partial charge >= 0.3 is 0 Å². The van der Waals surface area contributed by atoms with Crippen LogP contribution in [0.4, 0.5) is 0 Å². The van der Waals surface area contributed by atoms with Gasteiger partial charge in [-0.15, -0.1) is 0 Å². The van der Waals surface area contributed by atoms with Crippen molar-refractivity contribution in [1.29, 1.82) is 0 Å². The summed E-state index contributed by atoms with van der Waals surface area (Å²) in [6.45, 7) is 12.1. The first-order valence-electron chi connectivity index (χ1n) is 7.52. The zero-order valence-corrected chi connectivity index (χ0v) is 13.6. The molecule has 0 N–H and O–H groups in total. The average Bonchev–Trinajstić information content (AvgIpc) is 2.25. The van der Waals surface area contributed by atoms with Crippen LogP contribution in [0.25, 0.3) is 0 Å². The molecule has 0 saturated carbocycles. The van der Waals surface area contributed by atoms with Crippen molar-refractivity contribution in [1.82, 2.24) is 0 Å². The molecule has 0 heterocycles. The molecule has 2 aliphatic carbocycles. The third-order valence-electron chi connectivity index (χ3n) is 4.63. The Labute approximate surface area is 115 Å². The predicted molar refractivity (Wildman–Crippen MR) is 84.7 cm³/mol. The summed E-state index contributed by atoms with van der Waals surface area (Å²) in [7, 11) is 0.124. The summed E-state index contributed by atoms with van der Waals surface area (Å²) in [4.78, 5) is 0. The molecule has 0 nitrogen and oxygen atoms in total. The molecule has 0 saturated heterocycles. The molecule has 0 fully saturated rings. The van der Waals surface area contributed by atoms with Crippen LogP contribution in [0.1, 0.15) is 53.4 Å². The lowest BCUT2D eigenvalue weighted by Crippen LogP contribution is -2.22. The van der Waals surface area contributed by atoms with Gasteiger partial charge in [-0.3, -0.25) is 0 Å². The largest absolute Gasteiger partial charge is 0.0957 e. The maximum absolute atomic E-state index is 2.61. The topological polar surface area (TPSA) is 0 Å². The van der Waals surface area contributed by atoms with Gasteiger partial charge in [-0.25, -0.2) is 0 Å². The minimum atomic E-state index is 0.124. The number of allylic oxidation sites excluding steroid dienone is 4. The van der Waals surface area contributed by atoms with E-state index < -0.39 is 0 Å². The molecule has 0 aromatic rings. The molecule has 0 amide bonds. The van der Waals surface area contributed by atoms with Crippen molar-refractivity contribution < 1.29 is 0 Å². The number of rotatable bonds is 2. The second-order valence-electron chi connectivity index (χ2n) is 6.92. The molecule has 2 rings (SSSR count). The lowest BCUT2D eigenvalue weighted by atomic mass is 9.90. The summed E-state index contributed by atoms with van der Waals surface area (Å²) >= 11 is 0. The van der Waals surface area contributed by atoms with Gasteiger partial charge in [-0.2, -0.15) is 0 Å². The highest BCUT2D eigenvalue weighted by molar-refractivity contribution is 7.58. The van der Waals surface area contributed by atoms with E-state index in [1.807, 2.05) is 0 Å². The van der Waals surface area contributed by atoms with Crippen LogP contribution in [-0.4, -0.2) is 18.0 Å². The van der Waals surface area contributed by atoms with Gasteiger partial charge in [0.05, 0.1) is 0 Å². The summed E-state index contributed by atoms with van der Waals surface area (Å²) in [5.41, 5.74) is 5.03. The van der Waals surface area contributed by atoms with Crippen molar-refractivity contribution in [3.63, 3.8) is 0 Å². The summed E-state index contributed by atoms with van der Waals surface area (Å²) in [5.74, 6) is 1.80. The second-order valence-corrected chi connectivity index (χ2v) is 9.57. The van der Waals surface area contributed by atoms with E-state index in [0.29, 0.717) is 0 Å². The van der Waals surface area contributed by atoms with E-state index in [9.17, 15) is 0 Å². The average molecular weight is 264 g/mol. The standard InChI is InChI=1S/C17H29P/c1-12-6-13(2)9-16(8-12)18(5)17-10-14(3)7-15(4)11-17/h8,10,13,15-17H,6-7,9,11H2,1-5H3. The maximum Gasteiger partial charge on any atom is -0.00216 e. The second kappa shape index (κ2) is 5.91. The Kier molecular flexibility index (Phi) is 4.70. The van der Waals surface area contributed by atoms with E-state index >= 15 is 0 Å². The number of hydrogen-bond acceptors (Lipinski definition) is 0. The van der Waals surface area contributed by atoms with E-state index in [4.69, 9.17) is 0 Å². The minimum absolute atomic E-state index is 0.124. The lowest BCUT2D eigenvalue weighted by Gasteiger charge is -2.36. The quantitative estimate of drug-likeness (QED) is 0.450. The Morgan fingerprint density at radius 2 is 1.28 bits per heavy atom. The predicted octanol–water partition coefficient (Wildman–Crippen LogP) is 5.59. The SMILES string of the molecule is CC1=CC(P(C)C2C=C(C)CC(C)C2)CC(C)C1. The highest BCUT2D eigenvalue weighted by Crippen LogP contribution is 2.52. The van der Waals surface area contributed by atoms with Crippen molar-refractivity contribution in [2.24, 2.45) is 11.8 Å². The van der Waals surface area contributed by atoms with Gasteiger partial charge in [0.2, 0.25) is 0 Å². The van der Waals surface area contributed by atoms with Gasteiger partial charge in [-0.1, -0.05) is 45.1 Å². The van der Waals surface area contributed by atoms with Gasteiger partial charge in [0.25, 0.3) is 0 Å². The molecule has 4 atom stereocenters. The molecular formula is C17H29P. The van der Waals surface area contributed by atoms with Gasteiger partial charge in [0.1, 0.15) is 0 Å². The molecule has 0 bridgehead atoms. The van der Waals surface area contributed by atoms with Crippen LogP contribution in [0.2, 0.25) is 0 Å². The zero-order valence-electron chi connectivity index (χ0n) is 12.7. The molecule has 0 aromatic heterocycles. The first-order valence-corrected chi connectivity index (χ1v) is 9.45. The highest BCUT2D eigenvalue weighted by atomic mass is 31.1. The van der Waals surface area contributed by atoms with Gasteiger partial charge < -0.3 is 0 Å². The third kappa shape index (κ3) is 3.47. The van der Waals surface area contributed by atoms with E-state index in [1.54, 1.807) is 11.1 Å². The molecule has 102 valence electrons. The first kappa shape index (κ1) is 14.3. The van der Waals surface area contributed by atoms with Gasteiger partial charge in [0.15, 0.2) is 0 Å². The molecule has 2 aliphatic rings. The zero-order chi connectivity index (χ0) is 13.3. The fraction of sp³-hybridized carbons (Fsp3) is 0.765. The molecular weight excluding hydrogens is 235 g/mol. The van der Waals surface area contributed by atoms with E-state index in [0.717, 1.165) is 23.2 Å². The van der Waals surface area contributed by atoms with Crippen LogP contribution in [-0.2, 0) is 0 Å². The van der Waals surface area contributed by atoms with E-state index in [2.05, 4.69) is 46.5 Å². The van der Waals surface area contributed by atoms with Crippen molar-refractivity contribution in [3.05, 3.63) is 23.3 Å². The lowest BCUT2D eigenvalue weighted by molar-refractivity contribution is 0.499. The summed E-state index contributed by atoms with van der Waals surface area (Å²) in [5, 5.41) is 0. The van der Waals surface area contributed by atoms with Crippen LogP contribution < -0.4 is 0 Å². The van der Waals surface area contributed by atoms with Gasteiger partial charge in [-0.05, 0) is 69.3 Å². The van der Waals surface area contributed by atoms with Gasteiger partial charge in [0, 0.05) is 0 Å². The molecule has 1 heteroatoms. The molecule has 0 aliphatic heterocycles. The van der Waals surface area contributed by atoms with Crippen molar-refractivity contribution in [2.75, 3.05) is 6.66 Å². The Morgan fingerprint density at radius 3 is 1.61 bits per heavy atom. The van der Waals surface area contributed by atoms with E-state index in [-0.39, 0.29) is 7.92 Å². The van der Waals surface area contributed by atoms with Crippen molar-refractivity contribution in [2.45, 2.75) is 64.7 Å². The minimum Gasteiger partial charge on any atom is -0.0957 e. The summed E-state index contributed by atoms with van der Waals surface area (Å²) in [6, 6.07) is 0. The van der Waals surface area contributed by atoms with Crippen molar-refractivity contribution >= 4 is 7.92 Å². The molecule has 0 spiro atoms. The van der Waals surface area contributed by atoms with Crippen LogP contribution in [0, 0.1) is 11.8 Å². The van der Waals surface area contributed by atoms with Crippen LogP contribution in [0.15, 0.2) is 23.3 Å². The van der Waals surface area contributed by atoms with Crippen molar-refractivity contribution in [3.8, 4) is 0 Å². The Hall–Kier alpha value is -0.0900. The molecule has 4 unspecified atom stereocenters. The summed E-state index contributed by atoms with van der Waals surface area (Å²) in [6.07, 6.45) is 10.7. The van der Waals surface area contributed by atoms with Crippen LogP contribution >= 0.6 is 7.92 Å². The molecule has 0 aromatic carbocycles. The van der Waals surface area contributed by atoms with E-state index in [1.165, 1.54) is 25.7 Å². The molecule has 18 heavy (non-hydrogen) atoms.